The van der Waals surface area contributed by atoms with Crippen LogP contribution in [0.15, 0.2) is 77.6 Å². The van der Waals surface area contributed by atoms with Gasteiger partial charge in [0.2, 0.25) is 0 Å². The van der Waals surface area contributed by atoms with Gasteiger partial charge in [0, 0.05) is 31.2 Å². The Hall–Kier alpha value is -3.00. The number of nitrogens with zero attached hydrogens (tertiary/aromatic N) is 3. The molecule has 2 aromatic heterocycles. The number of piperidine rings is 1. The second-order valence-corrected chi connectivity index (χ2v) is 11.5. The fraction of sp³-hybridized carbons (Fsp3) is 0.424. The van der Waals surface area contributed by atoms with Gasteiger partial charge in [-0.15, -0.1) is 0 Å². The van der Waals surface area contributed by atoms with Crippen LogP contribution in [-0.4, -0.2) is 64.7 Å². The molecule has 0 aliphatic carbocycles. The van der Waals surface area contributed by atoms with Gasteiger partial charge in [0.05, 0.1) is 17.7 Å². The first-order valence-electron chi connectivity index (χ1n) is 14.4. The van der Waals surface area contributed by atoms with Crippen molar-refractivity contribution in [3.63, 3.8) is 0 Å². The Morgan fingerprint density at radius 3 is 2.27 bits per heavy atom. The molecule has 4 aromatic rings. The van der Waals surface area contributed by atoms with Crippen LogP contribution in [0.25, 0.3) is 10.9 Å². The van der Waals surface area contributed by atoms with E-state index in [0.717, 1.165) is 42.5 Å². The maximum absolute atomic E-state index is 12.8. The Morgan fingerprint density at radius 1 is 0.975 bits per heavy atom. The minimum absolute atomic E-state index is 0.0764. The van der Waals surface area contributed by atoms with Crippen LogP contribution in [-0.2, 0) is 6.54 Å². The van der Waals surface area contributed by atoms with Crippen LogP contribution >= 0.6 is 11.3 Å². The number of hydrogen-bond donors (Lipinski definition) is 1. The Kier molecular flexibility index (Phi) is 11.3. The number of thiophene rings is 1. The molecule has 6 rings (SSSR count). The second kappa shape index (κ2) is 15.1. The van der Waals surface area contributed by atoms with Crippen LogP contribution < -0.4 is 0 Å². The second-order valence-electron chi connectivity index (χ2n) is 10.7. The van der Waals surface area contributed by atoms with Crippen molar-refractivity contribution in [2.24, 2.45) is 5.92 Å². The molecule has 40 heavy (non-hydrogen) atoms. The first kappa shape index (κ1) is 30.0. The molecule has 214 valence electrons. The van der Waals surface area contributed by atoms with Crippen molar-refractivity contribution in [3.05, 3.63) is 94.6 Å². The van der Waals surface area contributed by atoms with Gasteiger partial charge in [-0.2, -0.15) is 11.3 Å². The number of rotatable bonds is 5. The summed E-state index contributed by atoms with van der Waals surface area (Å²) >= 11 is 1.71. The zero-order chi connectivity index (χ0) is 28.3. The lowest BCUT2D eigenvalue weighted by atomic mass is 9.89. The van der Waals surface area contributed by atoms with E-state index >= 15 is 0 Å². The molecule has 2 aliphatic heterocycles. The summed E-state index contributed by atoms with van der Waals surface area (Å²) in [6, 6.07) is 18.9. The quantitative estimate of drug-likeness (QED) is 0.288. The van der Waals surface area contributed by atoms with E-state index in [-0.39, 0.29) is 18.3 Å². The van der Waals surface area contributed by atoms with E-state index < -0.39 is 0 Å². The summed E-state index contributed by atoms with van der Waals surface area (Å²) in [6.45, 7) is 10.2. The first-order chi connectivity index (χ1) is 19.5. The van der Waals surface area contributed by atoms with Gasteiger partial charge in [0.1, 0.15) is 5.82 Å². The van der Waals surface area contributed by atoms with Crippen molar-refractivity contribution >= 4 is 28.1 Å². The van der Waals surface area contributed by atoms with Gasteiger partial charge in [0.15, 0.2) is 0 Å². The molecule has 0 bridgehead atoms. The average Bonchev–Trinajstić information content (AvgIpc) is 3.78. The number of aromatic nitrogens is 1. The molecular formula is C33H42FN3O2S. The van der Waals surface area contributed by atoms with E-state index in [1.54, 1.807) is 23.5 Å². The standard InChI is InChI=1S/C16H20N2O2.C13H18FN.C4H4S/c1-12-5-7-18(11-12)16(20)14-4-2-3-13-6-8-17(9-10-19)15(13)14;1-2-15-9-7-12(8-10-15)11-3-5-13(14)6-4-11;1-2-4-5-3-1/h2-4,6,8,12,19H,5,7,9-11H2,1H3;3-6,12H,2,7-10H2,1H3;1-4H/t12-;;/m0../s1. The number of hydrogen-bond acceptors (Lipinski definition) is 4. The third-order valence-electron chi connectivity index (χ3n) is 7.87. The normalized spacial score (nSPS) is 17.7. The van der Waals surface area contributed by atoms with Crippen molar-refractivity contribution in [2.45, 2.75) is 45.6 Å². The van der Waals surface area contributed by atoms with Crippen molar-refractivity contribution in [2.75, 3.05) is 39.3 Å². The van der Waals surface area contributed by atoms with Gasteiger partial charge in [-0.05, 0) is 91.3 Å². The molecule has 0 radical (unpaired) electrons. The maximum Gasteiger partial charge on any atom is 0.256 e. The molecular weight excluding hydrogens is 521 g/mol. The van der Waals surface area contributed by atoms with Gasteiger partial charge in [-0.3, -0.25) is 4.79 Å². The maximum atomic E-state index is 12.8. The number of aliphatic hydroxyl groups excluding tert-OH is 1. The highest BCUT2D eigenvalue weighted by Crippen LogP contribution is 2.28. The van der Waals surface area contributed by atoms with Crippen LogP contribution in [0, 0.1) is 11.7 Å². The Labute approximate surface area is 241 Å². The highest BCUT2D eigenvalue weighted by molar-refractivity contribution is 7.07. The predicted molar refractivity (Wildman–Crippen MR) is 164 cm³/mol. The highest BCUT2D eigenvalue weighted by Gasteiger charge is 2.26. The van der Waals surface area contributed by atoms with Gasteiger partial charge < -0.3 is 19.5 Å². The lowest BCUT2D eigenvalue weighted by Gasteiger charge is -2.31. The number of amides is 1. The van der Waals surface area contributed by atoms with E-state index in [2.05, 4.69) is 18.7 Å². The zero-order valence-corrected chi connectivity index (χ0v) is 24.5. The lowest BCUT2D eigenvalue weighted by Crippen LogP contribution is -2.32. The van der Waals surface area contributed by atoms with Gasteiger partial charge in [-0.1, -0.05) is 50.2 Å². The van der Waals surface area contributed by atoms with E-state index in [1.165, 1.54) is 31.5 Å². The summed E-state index contributed by atoms with van der Waals surface area (Å²) in [5.41, 5.74) is 2.98. The molecule has 1 amide bonds. The zero-order valence-electron chi connectivity index (χ0n) is 23.7. The molecule has 0 unspecified atom stereocenters. The summed E-state index contributed by atoms with van der Waals surface area (Å²) in [6.07, 6.45) is 5.43. The topological polar surface area (TPSA) is 48.7 Å². The molecule has 1 N–H and O–H groups in total. The molecule has 2 saturated heterocycles. The van der Waals surface area contributed by atoms with Crippen LogP contribution in [0.2, 0.25) is 0 Å². The van der Waals surface area contributed by atoms with E-state index in [9.17, 15) is 9.18 Å². The van der Waals surface area contributed by atoms with Gasteiger partial charge in [0.25, 0.3) is 5.91 Å². The molecule has 2 aromatic carbocycles. The summed E-state index contributed by atoms with van der Waals surface area (Å²) in [7, 11) is 0. The SMILES string of the molecule is CCN1CCC(c2ccc(F)cc2)CC1.C[C@H]1CCN(C(=O)c2cccc3ccn(CCO)c23)C1.c1ccsc1. The summed E-state index contributed by atoms with van der Waals surface area (Å²) in [5.74, 6) is 1.19. The fourth-order valence-corrected chi connectivity index (χ4v) is 6.02. The molecule has 5 nitrogen and oxygen atoms in total. The van der Waals surface area contributed by atoms with Crippen LogP contribution in [0.1, 0.15) is 54.9 Å². The Bertz CT molecular complexity index is 1280. The molecule has 7 heteroatoms. The number of aliphatic hydroxyl groups is 1. The van der Waals surface area contributed by atoms with E-state index in [0.29, 0.717) is 18.4 Å². The number of carbonyl (C=O) groups is 1. The molecule has 0 spiro atoms. The molecule has 4 heterocycles. The van der Waals surface area contributed by atoms with Crippen LogP contribution in [0.3, 0.4) is 0 Å². The minimum atomic E-state index is -0.134. The number of fused-ring (bicyclic) bond motifs is 1. The van der Waals surface area contributed by atoms with Crippen LogP contribution in [0.5, 0.6) is 0 Å². The van der Waals surface area contributed by atoms with Gasteiger partial charge in [-0.25, -0.2) is 4.39 Å². The van der Waals surface area contributed by atoms with Crippen molar-refractivity contribution in [1.29, 1.82) is 0 Å². The molecule has 1 atom stereocenters. The monoisotopic (exact) mass is 563 g/mol. The lowest BCUT2D eigenvalue weighted by molar-refractivity contribution is 0.0789. The van der Waals surface area contributed by atoms with Gasteiger partial charge >= 0.3 is 0 Å². The third kappa shape index (κ3) is 8.03. The molecule has 2 aliphatic rings. The fourth-order valence-electron chi connectivity index (χ4n) is 5.56. The predicted octanol–water partition coefficient (Wildman–Crippen LogP) is 6.89. The Balaban J connectivity index is 0.000000162. The van der Waals surface area contributed by atoms with Crippen molar-refractivity contribution < 1.29 is 14.3 Å². The number of likely N-dealkylation sites (tertiary alicyclic amines) is 2. The number of benzene rings is 2. The number of halogens is 1. The number of para-hydroxylation sites is 1. The smallest absolute Gasteiger partial charge is 0.256 e. The highest BCUT2D eigenvalue weighted by atomic mass is 32.1. The summed E-state index contributed by atoms with van der Waals surface area (Å²) < 4.78 is 14.7. The summed E-state index contributed by atoms with van der Waals surface area (Å²) in [5, 5.41) is 14.3. The third-order valence-corrected chi connectivity index (χ3v) is 8.50. The van der Waals surface area contributed by atoms with E-state index in [4.69, 9.17) is 5.11 Å². The Morgan fingerprint density at radius 2 is 1.70 bits per heavy atom. The largest absolute Gasteiger partial charge is 0.395 e. The summed E-state index contributed by atoms with van der Waals surface area (Å²) in [4.78, 5) is 17.1. The average molecular weight is 564 g/mol. The van der Waals surface area contributed by atoms with E-state index in [1.807, 2.05) is 75.0 Å². The number of carbonyl (C=O) groups excluding carboxylic acids is 1. The van der Waals surface area contributed by atoms with Crippen molar-refractivity contribution in [1.82, 2.24) is 14.4 Å². The van der Waals surface area contributed by atoms with Crippen molar-refractivity contribution in [3.8, 4) is 0 Å². The molecule has 0 saturated carbocycles. The minimum Gasteiger partial charge on any atom is -0.395 e. The molecule has 2 fully saturated rings. The van der Waals surface area contributed by atoms with Crippen LogP contribution in [0.4, 0.5) is 4.39 Å². The first-order valence-corrected chi connectivity index (χ1v) is 15.4.